The topological polar surface area (TPSA) is 95.1 Å². The molecule has 0 aromatic heterocycles. The third kappa shape index (κ3) is 8.73. The SMILES string of the molecule is CCCCCC(N)=O.NCc1cccc(CN)c1. The Morgan fingerprint density at radius 1 is 1.11 bits per heavy atom. The second-order valence-electron chi connectivity index (χ2n) is 4.15. The minimum atomic E-state index is -0.182. The van der Waals surface area contributed by atoms with Gasteiger partial charge >= 0.3 is 0 Å². The number of hydrogen-bond donors (Lipinski definition) is 3. The highest BCUT2D eigenvalue weighted by Crippen LogP contribution is 2.02. The van der Waals surface area contributed by atoms with Crippen LogP contribution in [0.3, 0.4) is 0 Å². The molecule has 1 rings (SSSR count). The van der Waals surface area contributed by atoms with Crippen molar-refractivity contribution in [3.63, 3.8) is 0 Å². The summed E-state index contributed by atoms with van der Waals surface area (Å²) in [4.78, 5) is 10.1. The molecule has 102 valence electrons. The lowest BCUT2D eigenvalue weighted by atomic mass is 10.1. The first-order valence-electron chi connectivity index (χ1n) is 6.40. The maximum absolute atomic E-state index is 10.1. The van der Waals surface area contributed by atoms with E-state index in [1.165, 1.54) is 0 Å². The summed E-state index contributed by atoms with van der Waals surface area (Å²) in [7, 11) is 0. The Bertz CT molecular complexity index is 320. The third-order valence-corrected chi connectivity index (χ3v) is 2.49. The van der Waals surface area contributed by atoms with E-state index in [9.17, 15) is 4.79 Å². The molecule has 18 heavy (non-hydrogen) atoms. The van der Waals surface area contributed by atoms with Gasteiger partial charge in [-0.3, -0.25) is 4.79 Å². The molecule has 0 saturated carbocycles. The van der Waals surface area contributed by atoms with Gasteiger partial charge in [0.05, 0.1) is 0 Å². The molecule has 0 heterocycles. The predicted molar refractivity (Wildman–Crippen MR) is 75.6 cm³/mol. The van der Waals surface area contributed by atoms with E-state index in [4.69, 9.17) is 17.2 Å². The largest absolute Gasteiger partial charge is 0.370 e. The summed E-state index contributed by atoms with van der Waals surface area (Å²) in [6.45, 7) is 3.28. The summed E-state index contributed by atoms with van der Waals surface area (Å²) in [6.07, 6.45) is 3.76. The van der Waals surface area contributed by atoms with Crippen molar-refractivity contribution < 1.29 is 4.79 Å². The lowest BCUT2D eigenvalue weighted by Crippen LogP contribution is -2.09. The minimum absolute atomic E-state index is 0.182. The molecule has 1 aromatic rings. The summed E-state index contributed by atoms with van der Waals surface area (Å²) in [5, 5.41) is 0. The highest BCUT2D eigenvalue weighted by Gasteiger charge is 1.90. The van der Waals surface area contributed by atoms with E-state index < -0.39 is 0 Å². The maximum Gasteiger partial charge on any atom is 0.217 e. The van der Waals surface area contributed by atoms with Crippen molar-refractivity contribution in [2.24, 2.45) is 17.2 Å². The van der Waals surface area contributed by atoms with Crippen LogP contribution in [0.15, 0.2) is 24.3 Å². The number of benzene rings is 1. The van der Waals surface area contributed by atoms with Gasteiger partial charge in [0.15, 0.2) is 0 Å². The van der Waals surface area contributed by atoms with Crippen molar-refractivity contribution in [1.29, 1.82) is 0 Å². The fourth-order valence-corrected chi connectivity index (χ4v) is 1.43. The molecule has 0 atom stereocenters. The molecule has 1 amide bonds. The van der Waals surface area contributed by atoms with Crippen LogP contribution in [0.25, 0.3) is 0 Å². The van der Waals surface area contributed by atoms with E-state index in [2.05, 4.69) is 6.92 Å². The first kappa shape index (κ1) is 16.6. The van der Waals surface area contributed by atoms with E-state index in [1.54, 1.807) is 0 Å². The molecule has 0 saturated heterocycles. The van der Waals surface area contributed by atoms with E-state index in [0.29, 0.717) is 19.5 Å². The van der Waals surface area contributed by atoms with E-state index in [1.807, 2.05) is 24.3 Å². The number of hydrogen-bond acceptors (Lipinski definition) is 3. The molecule has 0 aliphatic heterocycles. The van der Waals surface area contributed by atoms with Crippen molar-refractivity contribution in [2.75, 3.05) is 0 Å². The van der Waals surface area contributed by atoms with Crippen LogP contribution < -0.4 is 17.2 Å². The van der Waals surface area contributed by atoms with Gasteiger partial charge in [-0.2, -0.15) is 0 Å². The summed E-state index contributed by atoms with van der Waals surface area (Å²) in [5.74, 6) is -0.182. The van der Waals surface area contributed by atoms with Crippen molar-refractivity contribution in [3.05, 3.63) is 35.4 Å². The average molecular weight is 251 g/mol. The Kier molecular flexibility index (Phi) is 9.91. The Morgan fingerprint density at radius 2 is 1.67 bits per heavy atom. The summed E-state index contributed by atoms with van der Waals surface area (Å²) < 4.78 is 0. The molecular weight excluding hydrogens is 226 g/mol. The summed E-state index contributed by atoms with van der Waals surface area (Å²) in [5.41, 5.74) is 18.0. The van der Waals surface area contributed by atoms with Crippen LogP contribution in [-0.4, -0.2) is 5.91 Å². The number of unbranched alkanes of at least 4 members (excludes halogenated alkanes) is 2. The van der Waals surface area contributed by atoms with Gasteiger partial charge < -0.3 is 17.2 Å². The summed E-state index contributed by atoms with van der Waals surface area (Å²) >= 11 is 0. The highest BCUT2D eigenvalue weighted by molar-refractivity contribution is 5.73. The molecule has 0 aliphatic carbocycles. The van der Waals surface area contributed by atoms with Gasteiger partial charge in [-0.15, -0.1) is 0 Å². The van der Waals surface area contributed by atoms with Crippen molar-refractivity contribution >= 4 is 5.91 Å². The third-order valence-electron chi connectivity index (χ3n) is 2.49. The zero-order chi connectivity index (χ0) is 13.8. The maximum atomic E-state index is 10.1. The van der Waals surface area contributed by atoms with Crippen LogP contribution in [0, 0.1) is 0 Å². The van der Waals surface area contributed by atoms with Gasteiger partial charge in [0.25, 0.3) is 0 Å². The molecule has 4 heteroatoms. The normalized spacial score (nSPS) is 9.50. The fraction of sp³-hybridized carbons (Fsp3) is 0.500. The Hall–Kier alpha value is -1.39. The van der Waals surface area contributed by atoms with Crippen LogP contribution in [0.5, 0.6) is 0 Å². The van der Waals surface area contributed by atoms with E-state index >= 15 is 0 Å². The number of rotatable bonds is 6. The minimum Gasteiger partial charge on any atom is -0.370 e. The average Bonchev–Trinajstić information content (AvgIpc) is 2.39. The molecule has 6 N–H and O–H groups in total. The van der Waals surface area contributed by atoms with Crippen LogP contribution >= 0.6 is 0 Å². The first-order valence-corrected chi connectivity index (χ1v) is 6.40. The van der Waals surface area contributed by atoms with Gasteiger partial charge in [-0.1, -0.05) is 44.0 Å². The van der Waals surface area contributed by atoms with Gasteiger partial charge in [0, 0.05) is 19.5 Å². The van der Waals surface area contributed by atoms with Crippen molar-refractivity contribution in [1.82, 2.24) is 0 Å². The van der Waals surface area contributed by atoms with Crippen LogP contribution in [0.4, 0.5) is 0 Å². The molecule has 1 aromatic carbocycles. The van der Waals surface area contributed by atoms with Crippen LogP contribution in [0.1, 0.15) is 43.7 Å². The summed E-state index contributed by atoms with van der Waals surface area (Å²) in [6, 6.07) is 8.00. The second-order valence-corrected chi connectivity index (χ2v) is 4.15. The Morgan fingerprint density at radius 3 is 2.06 bits per heavy atom. The Labute approximate surface area is 110 Å². The molecule has 0 unspecified atom stereocenters. The number of carbonyl (C=O) groups excluding carboxylic acids is 1. The second kappa shape index (κ2) is 10.7. The van der Waals surface area contributed by atoms with Crippen molar-refractivity contribution in [2.45, 2.75) is 45.7 Å². The van der Waals surface area contributed by atoms with Gasteiger partial charge in [0.2, 0.25) is 5.91 Å². The fourth-order valence-electron chi connectivity index (χ4n) is 1.43. The van der Waals surface area contributed by atoms with Gasteiger partial charge in [-0.25, -0.2) is 0 Å². The van der Waals surface area contributed by atoms with Crippen LogP contribution in [-0.2, 0) is 17.9 Å². The monoisotopic (exact) mass is 251 g/mol. The van der Waals surface area contributed by atoms with Crippen molar-refractivity contribution in [3.8, 4) is 0 Å². The highest BCUT2D eigenvalue weighted by atomic mass is 16.1. The predicted octanol–water partition coefficient (Wildman–Crippen LogP) is 1.66. The molecule has 4 nitrogen and oxygen atoms in total. The number of carbonyl (C=O) groups is 1. The first-order chi connectivity index (χ1) is 8.63. The van der Waals surface area contributed by atoms with E-state index in [0.717, 1.165) is 30.4 Å². The molecule has 0 aliphatic rings. The molecule has 0 spiro atoms. The smallest absolute Gasteiger partial charge is 0.217 e. The zero-order valence-electron chi connectivity index (χ0n) is 11.2. The molecule has 0 fully saturated rings. The number of nitrogens with two attached hydrogens (primary N) is 3. The standard InChI is InChI=1S/C8H12N2.C6H13NO/c9-5-7-2-1-3-8(4-7)6-10;1-2-3-4-5-6(7)8/h1-4H,5-6,9-10H2;2-5H2,1H3,(H2,7,8). The number of primary amides is 1. The molecule has 0 radical (unpaired) electrons. The number of amides is 1. The van der Waals surface area contributed by atoms with Gasteiger partial charge in [-0.05, 0) is 17.5 Å². The van der Waals surface area contributed by atoms with Crippen LogP contribution in [0.2, 0.25) is 0 Å². The molecular formula is C14H25N3O. The lowest BCUT2D eigenvalue weighted by Gasteiger charge is -1.98. The van der Waals surface area contributed by atoms with Gasteiger partial charge in [0.1, 0.15) is 0 Å². The molecule has 0 bridgehead atoms. The lowest BCUT2D eigenvalue weighted by molar-refractivity contribution is -0.118. The Balaban J connectivity index is 0.000000331. The quantitative estimate of drug-likeness (QED) is 0.671. The van der Waals surface area contributed by atoms with E-state index in [-0.39, 0.29) is 5.91 Å². The zero-order valence-corrected chi connectivity index (χ0v) is 11.2.